The molecule has 2 unspecified atom stereocenters. The molecule has 0 aromatic carbocycles. The molecule has 4 nitrogen and oxygen atoms in total. The molecule has 1 saturated carbocycles. The molecular weight excluding hydrogens is 328 g/mol. The van der Waals surface area contributed by atoms with Crippen molar-refractivity contribution < 1.29 is 19.1 Å². The fraction of sp³-hybridized carbons (Fsp3) is 0.909. The number of carbonyl (C=O) groups is 2. The molecule has 0 N–H and O–H groups in total. The molecule has 4 heteroatoms. The zero-order valence-electron chi connectivity index (χ0n) is 17.4. The standard InChI is InChI=1S/C22H40O4/c1-5-9-13-17(7-3)21(23)25-19-15-11-12-16-20(19)26-22(24)18(8-4)14-10-6-2/h17-20H,5-16H2,1-4H3/t17?,18?,19-,20-/m1/s1. The Morgan fingerprint density at radius 3 is 1.46 bits per heavy atom. The number of carbonyl (C=O) groups excluding carboxylic acids is 2. The van der Waals surface area contributed by atoms with Crippen molar-refractivity contribution in [3.63, 3.8) is 0 Å². The van der Waals surface area contributed by atoms with Gasteiger partial charge < -0.3 is 9.47 Å². The Labute approximate surface area is 160 Å². The van der Waals surface area contributed by atoms with Gasteiger partial charge in [0.1, 0.15) is 12.2 Å². The summed E-state index contributed by atoms with van der Waals surface area (Å²) in [5.41, 5.74) is 0. The van der Waals surface area contributed by atoms with Gasteiger partial charge in [0.25, 0.3) is 0 Å². The Bertz CT molecular complexity index is 369. The summed E-state index contributed by atoms with van der Waals surface area (Å²) in [6.45, 7) is 8.35. The van der Waals surface area contributed by atoms with Crippen LogP contribution in [0, 0.1) is 11.8 Å². The molecule has 1 aliphatic rings. The number of esters is 2. The highest BCUT2D eigenvalue weighted by Gasteiger charge is 2.34. The van der Waals surface area contributed by atoms with Crippen LogP contribution in [0.2, 0.25) is 0 Å². The average Bonchev–Trinajstić information content (AvgIpc) is 2.64. The quantitative estimate of drug-likeness (QED) is 0.407. The molecule has 0 bridgehead atoms. The highest BCUT2D eigenvalue weighted by molar-refractivity contribution is 5.73. The topological polar surface area (TPSA) is 52.6 Å². The summed E-state index contributed by atoms with van der Waals surface area (Å²) in [6.07, 6.45) is 10.8. The summed E-state index contributed by atoms with van der Waals surface area (Å²) in [6, 6.07) is 0. The van der Waals surface area contributed by atoms with Crippen molar-refractivity contribution >= 4 is 11.9 Å². The summed E-state index contributed by atoms with van der Waals surface area (Å²) < 4.78 is 11.7. The van der Waals surface area contributed by atoms with Crippen LogP contribution in [-0.4, -0.2) is 24.1 Å². The number of rotatable bonds is 12. The fourth-order valence-electron chi connectivity index (χ4n) is 3.70. The first kappa shape index (κ1) is 23.0. The summed E-state index contributed by atoms with van der Waals surface area (Å²) in [5.74, 6) is -0.263. The third kappa shape index (κ3) is 7.67. The number of ether oxygens (including phenoxy) is 2. The van der Waals surface area contributed by atoms with Gasteiger partial charge in [-0.3, -0.25) is 9.59 Å². The fourth-order valence-corrected chi connectivity index (χ4v) is 3.70. The molecule has 0 aliphatic heterocycles. The molecule has 0 spiro atoms. The van der Waals surface area contributed by atoms with Gasteiger partial charge in [0.2, 0.25) is 0 Å². The lowest BCUT2D eigenvalue weighted by atomic mass is 9.93. The van der Waals surface area contributed by atoms with Crippen LogP contribution in [0.1, 0.15) is 105 Å². The van der Waals surface area contributed by atoms with Gasteiger partial charge >= 0.3 is 11.9 Å². The van der Waals surface area contributed by atoms with Crippen molar-refractivity contribution in [2.45, 2.75) is 117 Å². The van der Waals surface area contributed by atoms with E-state index in [4.69, 9.17) is 9.47 Å². The normalized spacial score (nSPS) is 22.5. The maximum atomic E-state index is 12.5. The van der Waals surface area contributed by atoms with E-state index in [9.17, 15) is 9.59 Å². The van der Waals surface area contributed by atoms with Gasteiger partial charge in [-0.05, 0) is 51.4 Å². The second-order valence-corrected chi connectivity index (χ2v) is 7.73. The molecule has 0 aromatic rings. The van der Waals surface area contributed by atoms with E-state index in [0.717, 1.165) is 77.0 Å². The van der Waals surface area contributed by atoms with Gasteiger partial charge in [-0.25, -0.2) is 0 Å². The highest BCUT2D eigenvalue weighted by Crippen LogP contribution is 2.27. The minimum absolute atomic E-state index is 0.0267. The first-order valence-electron chi connectivity index (χ1n) is 11.0. The molecule has 0 aromatic heterocycles. The van der Waals surface area contributed by atoms with Crippen LogP contribution in [0.3, 0.4) is 0 Å². The van der Waals surface area contributed by atoms with Crippen molar-refractivity contribution in [1.29, 1.82) is 0 Å². The average molecular weight is 369 g/mol. The second kappa shape index (κ2) is 13.2. The van der Waals surface area contributed by atoms with Crippen molar-refractivity contribution in [1.82, 2.24) is 0 Å². The molecule has 4 atom stereocenters. The maximum Gasteiger partial charge on any atom is 0.309 e. The zero-order valence-corrected chi connectivity index (χ0v) is 17.4. The Hall–Kier alpha value is -1.06. The molecule has 26 heavy (non-hydrogen) atoms. The van der Waals surface area contributed by atoms with Gasteiger partial charge in [-0.1, -0.05) is 53.4 Å². The Morgan fingerprint density at radius 2 is 1.15 bits per heavy atom. The zero-order chi connectivity index (χ0) is 19.4. The predicted molar refractivity (Wildman–Crippen MR) is 105 cm³/mol. The van der Waals surface area contributed by atoms with E-state index in [1.807, 2.05) is 13.8 Å². The summed E-state index contributed by atoms with van der Waals surface area (Å²) in [4.78, 5) is 25.1. The number of unbranched alkanes of at least 4 members (excludes halogenated alkanes) is 2. The third-order valence-electron chi connectivity index (χ3n) is 5.64. The Kier molecular flexibility index (Phi) is 11.6. The van der Waals surface area contributed by atoms with E-state index in [0.29, 0.717) is 0 Å². The van der Waals surface area contributed by atoms with Crippen LogP contribution in [-0.2, 0) is 19.1 Å². The van der Waals surface area contributed by atoms with Crippen LogP contribution < -0.4 is 0 Å². The molecule has 152 valence electrons. The lowest BCUT2D eigenvalue weighted by molar-refractivity contribution is -0.177. The van der Waals surface area contributed by atoms with Crippen molar-refractivity contribution in [3.8, 4) is 0 Å². The largest absolute Gasteiger partial charge is 0.458 e. The van der Waals surface area contributed by atoms with Gasteiger partial charge in [-0.2, -0.15) is 0 Å². The lowest BCUT2D eigenvalue weighted by Gasteiger charge is -2.32. The second-order valence-electron chi connectivity index (χ2n) is 7.73. The highest BCUT2D eigenvalue weighted by atomic mass is 16.6. The third-order valence-corrected chi connectivity index (χ3v) is 5.64. The van der Waals surface area contributed by atoms with Crippen molar-refractivity contribution in [2.75, 3.05) is 0 Å². The number of hydrogen-bond donors (Lipinski definition) is 0. The van der Waals surface area contributed by atoms with E-state index >= 15 is 0 Å². The molecule has 1 rings (SSSR count). The number of hydrogen-bond acceptors (Lipinski definition) is 4. The van der Waals surface area contributed by atoms with E-state index in [1.54, 1.807) is 0 Å². The molecule has 0 radical (unpaired) electrons. The van der Waals surface area contributed by atoms with Crippen molar-refractivity contribution in [3.05, 3.63) is 0 Å². The molecule has 0 saturated heterocycles. The summed E-state index contributed by atoms with van der Waals surface area (Å²) >= 11 is 0. The van der Waals surface area contributed by atoms with Gasteiger partial charge in [0.05, 0.1) is 11.8 Å². The van der Waals surface area contributed by atoms with Crippen molar-refractivity contribution in [2.24, 2.45) is 11.8 Å². The Morgan fingerprint density at radius 1 is 0.769 bits per heavy atom. The van der Waals surface area contributed by atoms with Crippen LogP contribution in [0.25, 0.3) is 0 Å². The van der Waals surface area contributed by atoms with E-state index < -0.39 is 0 Å². The van der Waals surface area contributed by atoms with E-state index in [2.05, 4.69) is 13.8 Å². The van der Waals surface area contributed by atoms with Gasteiger partial charge in [-0.15, -0.1) is 0 Å². The molecule has 1 aliphatic carbocycles. The first-order valence-corrected chi connectivity index (χ1v) is 11.0. The monoisotopic (exact) mass is 368 g/mol. The lowest BCUT2D eigenvalue weighted by Crippen LogP contribution is -2.40. The van der Waals surface area contributed by atoms with Gasteiger partial charge in [0.15, 0.2) is 0 Å². The minimum Gasteiger partial charge on any atom is -0.458 e. The van der Waals surface area contributed by atoms with Crippen LogP contribution in [0.5, 0.6) is 0 Å². The maximum absolute atomic E-state index is 12.5. The van der Waals surface area contributed by atoms with Crippen LogP contribution in [0.4, 0.5) is 0 Å². The summed E-state index contributed by atoms with van der Waals surface area (Å²) in [7, 11) is 0. The SMILES string of the molecule is CCCCC(CC)C(=O)O[C@@H]1CCCC[C@H]1OC(=O)C(CC)CCCC. The predicted octanol–water partition coefficient (Wildman–Crippen LogP) is 5.82. The van der Waals surface area contributed by atoms with E-state index in [-0.39, 0.29) is 36.0 Å². The Balaban J connectivity index is 2.62. The van der Waals surface area contributed by atoms with Gasteiger partial charge in [0, 0.05) is 0 Å². The molecular formula is C22H40O4. The summed E-state index contributed by atoms with van der Waals surface area (Å²) in [5, 5.41) is 0. The molecule has 1 fully saturated rings. The minimum atomic E-state index is -0.264. The van der Waals surface area contributed by atoms with Crippen LogP contribution in [0.15, 0.2) is 0 Å². The van der Waals surface area contributed by atoms with E-state index in [1.165, 1.54) is 0 Å². The molecule has 0 heterocycles. The smallest absolute Gasteiger partial charge is 0.309 e. The molecule has 0 amide bonds. The first-order chi connectivity index (χ1) is 12.6. The van der Waals surface area contributed by atoms with Crippen LogP contribution >= 0.6 is 0 Å².